The van der Waals surface area contributed by atoms with Gasteiger partial charge in [-0.2, -0.15) is 8.42 Å². The van der Waals surface area contributed by atoms with Crippen molar-refractivity contribution in [3.63, 3.8) is 0 Å². The number of amides is 1. The molecular weight excluding hydrogens is 473 g/mol. The maximum atomic E-state index is 12.0. The number of carboxylic acid groups (broad SMARTS) is 1. The number of carbonyl (C=O) groups is 2. The summed E-state index contributed by atoms with van der Waals surface area (Å²) in [6.07, 6.45) is 10.9. The van der Waals surface area contributed by atoms with E-state index in [1.54, 1.807) is 0 Å². The van der Waals surface area contributed by atoms with Crippen molar-refractivity contribution in [2.45, 2.75) is 91.1 Å². The zero-order valence-electron chi connectivity index (χ0n) is 21.2. The lowest BCUT2D eigenvalue weighted by molar-refractivity contribution is -0.138. The van der Waals surface area contributed by atoms with Crippen molar-refractivity contribution in [1.29, 1.82) is 0 Å². The second kappa shape index (κ2) is 9.78. The second-order valence-corrected chi connectivity index (χ2v) is 13.1. The molecule has 3 N–H and O–H groups in total. The summed E-state index contributed by atoms with van der Waals surface area (Å²) in [5.74, 6) is 1.63. The van der Waals surface area contributed by atoms with E-state index < -0.39 is 22.5 Å². The Morgan fingerprint density at radius 3 is 2.60 bits per heavy atom. The number of nitrogens with one attached hydrogen (secondary N) is 1. The summed E-state index contributed by atoms with van der Waals surface area (Å²) >= 11 is 0. The van der Waals surface area contributed by atoms with Gasteiger partial charge in [-0.05, 0) is 98.2 Å². The van der Waals surface area contributed by atoms with Crippen molar-refractivity contribution in [3.05, 3.63) is 11.6 Å². The minimum atomic E-state index is -4.43. The summed E-state index contributed by atoms with van der Waals surface area (Å²) in [6, 6.07) is 0. The summed E-state index contributed by atoms with van der Waals surface area (Å²) in [4.78, 5) is 22.7. The molecule has 0 spiro atoms. The summed E-state index contributed by atoms with van der Waals surface area (Å²) in [5, 5.41) is 11.2. The molecule has 3 saturated carbocycles. The van der Waals surface area contributed by atoms with Crippen LogP contribution in [0.2, 0.25) is 0 Å². The molecule has 0 unspecified atom stereocenters. The Bertz CT molecular complexity index is 978. The van der Waals surface area contributed by atoms with Crippen LogP contribution in [0.1, 0.15) is 85.0 Å². The van der Waals surface area contributed by atoms with Crippen molar-refractivity contribution in [1.82, 2.24) is 5.32 Å². The van der Waals surface area contributed by atoms with Crippen LogP contribution in [0.25, 0.3) is 0 Å². The second-order valence-electron chi connectivity index (χ2n) is 12.1. The Hall–Kier alpha value is -1.45. The van der Waals surface area contributed by atoms with Gasteiger partial charge in [-0.15, -0.1) is 0 Å². The van der Waals surface area contributed by atoms with Gasteiger partial charge >= 0.3 is 16.4 Å². The van der Waals surface area contributed by atoms with E-state index in [1.165, 1.54) is 24.8 Å². The molecule has 0 aromatic heterocycles. The molecule has 0 aliphatic heterocycles. The fourth-order valence-electron chi connectivity index (χ4n) is 8.68. The minimum absolute atomic E-state index is 0.0647. The zero-order valence-corrected chi connectivity index (χ0v) is 22.0. The number of hydrogen-bond acceptors (Lipinski definition) is 5. The smallest absolute Gasteiger partial charge is 0.397 e. The van der Waals surface area contributed by atoms with E-state index in [0.717, 1.165) is 25.7 Å². The molecule has 0 aromatic rings. The molecule has 4 aliphatic carbocycles. The first-order valence-corrected chi connectivity index (χ1v) is 14.5. The fourth-order valence-corrected chi connectivity index (χ4v) is 9.19. The van der Waals surface area contributed by atoms with Crippen molar-refractivity contribution < 1.29 is 31.8 Å². The van der Waals surface area contributed by atoms with E-state index >= 15 is 0 Å². The normalized spacial score (nSPS) is 39.5. The summed E-state index contributed by atoms with van der Waals surface area (Å²) in [5.41, 5.74) is 1.62. The monoisotopic (exact) mass is 514 g/mol. The first-order valence-electron chi connectivity index (χ1n) is 13.2. The summed E-state index contributed by atoms with van der Waals surface area (Å²) in [6.45, 7) is 6.75. The van der Waals surface area contributed by atoms with Crippen LogP contribution >= 0.6 is 0 Å². The quantitative estimate of drug-likeness (QED) is 0.190. The van der Waals surface area contributed by atoms with E-state index in [-0.39, 0.29) is 23.3 Å². The SMILES string of the molecule is C[C@H](CCC(=O)[15NH][13CH2][13C](=O)O)[C@H]1CC[C@H]2[C@@H]3CC=C4C[C@@H](OS(=O)(=O)O)CC[C@]4(C)[C@H]3CC[C@]12C. The van der Waals surface area contributed by atoms with Gasteiger partial charge in [0.1, 0.15) is 6.54 Å². The molecule has 1 amide bonds. The lowest BCUT2D eigenvalue weighted by Crippen LogP contribution is -2.51. The Labute approximate surface area is 209 Å². The predicted molar refractivity (Wildman–Crippen MR) is 131 cm³/mol. The van der Waals surface area contributed by atoms with Gasteiger partial charge in [-0.25, -0.2) is 4.18 Å². The van der Waals surface area contributed by atoms with E-state index in [1.807, 2.05) is 0 Å². The van der Waals surface area contributed by atoms with Crippen LogP contribution in [0.4, 0.5) is 0 Å². The number of carboxylic acids is 1. The number of rotatable bonds is 8. The molecule has 0 saturated heterocycles. The molecular formula is C26H41NO7S. The summed E-state index contributed by atoms with van der Waals surface area (Å²) < 4.78 is 36.5. The average Bonchev–Trinajstić information content (AvgIpc) is 3.12. The maximum absolute atomic E-state index is 12.0. The minimum Gasteiger partial charge on any atom is -0.480 e. The molecule has 0 heterocycles. The number of aliphatic carboxylic acids is 1. The van der Waals surface area contributed by atoms with Gasteiger partial charge in [0.15, 0.2) is 0 Å². The van der Waals surface area contributed by atoms with Crippen LogP contribution in [0.15, 0.2) is 11.6 Å². The molecule has 8 atom stereocenters. The molecule has 35 heavy (non-hydrogen) atoms. The molecule has 8 nitrogen and oxygen atoms in total. The molecule has 0 bridgehead atoms. The molecule has 4 aliphatic rings. The topological polar surface area (TPSA) is 130 Å². The van der Waals surface area contributed by atoms with Gasteiger partial charge in [-0.1, -0.05) is 32.4 Å². The molecule has 0 aromatic carbocycles. The van der Waals surface area contributed by atoms with Crippen LogP contribution in [-0.2, 0) is 24.2 Å². The van der Waals surface area contributed by atoms with Crippen molar-refractivity contribution in [3.8, 4) is 0 Å². The number of fused-ring (bicyclic) bond motifs is 5. The Balaban J connectivity index is 1.42. The zero-order chi connectivity index (χ0) is 25.6. The highest BCUT2D eigenvalue weighted by Crippen LogP contribution is 2.67. The van der Waals surface area contributed by atoms with Crippen molar-refractivity contribution in [2.75, 3.05) is 6.54 Å². The molecule has 0 radical (unpaired) electrons. The van der Waals surface area contributed by atoms with Crippen LogP contribution < -0.4 is 5.32 Å². The van der Waals surface area contributed by atoms with Gasteiger partial charge in [0.05, 0.1) is 6.10 Å². The number of hydrogen-bond donors (Lipinski definition) is 3. The number of carbonyl (C=O) groups excluding carboxylic acids is 1. The maximum Gasteiger partial charge on any atom is 0.397 e. The van der Waals surface area contributed by atoms with Gasteiger partial charge in [-0.3, -0.25) is 14.1 Å². The third-order valence-electron chi connectivity index (χ3n) is 10.3. The molecule has 198 valence electrons. The van der Waals surface area contributed by atoms with Crippen LogP contribution in [0, 0.1) is 40.4 Å². The van der Waals surface area contributed by atoms with Crippen molar-refractivity contribution in [2.24, 2.45) is 40.4 Å². The highest BCUT2D eigenvalue weighted by Gasteiger charge is 2.59. The van der Waals surface area contributed by atoms with Crippen molar-refractivity contribution >= 4 is 22.3 Å². The Morgan fingerprint density at radius 2 is 1.91 bits per heavy atom. The van der Waals surface area contributed by atoms with E-state index in [2.05, 4.69) is 32.2 Å². The largest absolute Gasteiger partial charge is 0.480 e. The van der Waals surface area contributed by atoms with Gasteiger partial charge < -0.3 is 10.4 Å². The first-order chi connectivity index (χ1) is 16.3. The lowest BCUT2D eigenvalue weighted by Gasteiger charge is -2.58. The fraction of sp³-hybridized carbons (Fsp3) is 0.846. The predicted octanol–water partition coefficient (Wildman–Crippen LogP) is 4.37. The Kier molecular flexibility index (Phi) is 7.44. The summed E-state index contributed by atoms with van der Waals surface area (Å²) in [7, 11) is -4.43. The van der Waals surface area contributed by atoms with E-state index in [4.69, 9.17) is 13.8 Å². The van der Waals surface area contributed by atoms with Crippen LogP contribution in [0.3, 0.4) is 0 Å². The van der Waals surface area contributed by atoms with E-state index in [0.29, 0.717) is 48.9 Å². The third kappa shape index (κ3) is 5.32. The molecule has 9 heteroatoms. The van der Waals surface area contributed by atoms with Gasteiger partial charge in [0.25, 0.3) is 0 Å². The third-order valence-corrected chi connectivity index (χ3v) is 10.9. The molecule has 3 fully saturated rings. The standard InChI is InChI=1S/C26H41NO7S/c1-16(4-9-23(28)27-15-24(29)30)20-7-8-21-19-6-5-17-14-18(34-35(31,32)33)10-12-25(17,2)22(19)11-13-26(20,21)3/h5,16,18-22H,4,6-15H2,1-3H3,(H,27,28)(H,29,30)(H,31,32,33)/t16-,18+,19+,20-,21+,22+,25+,26-/m1/s1/i15+1,24+1,27+1. The van der Waals surface area contributed by atoms with Gasteiger partial charge in [0.2, 0.25) is 5.91 Å². The lowest BCUT2D eigenvalue weighted by atomic mass is 9.47. The van der Waals surface area contributed by atoms with E-state index in [9.17, 15) is 18.0 Å². The molecule has 4 rings (SSSR count). The Morgan fingerprint density at radius 1 is 1.17 bits per heavy atom. The van der Waals surface area contributed by atoms with Crippen LogP contribution in [0.5, 0.6) is 0 Å². The highest BCUT2D eigenvalue weighted by atomic mass is 32.3. The van der Waals surface area contributed by atoms with Crippen LogP contribution in [-0.4, -0.2) is 42.6 Å². The highest BCUT2D eigenvalue weighted by molar-refractivity contribution is 7.80. The number of allylic oxidation sites excluding steroid dienone is 1. The van der Waals surface area contributed by atoms with Gasteiger partial charge in [0, 0.05) is 6.42 Å². The first kappa shape index (κ1) is 26.6. The average molecular weight is 515 g/mol.